The Hall–Kier alpha value is -1.59. The van der Waals surface area contributed by atoms with Crippen LogP contribution in [0.5, 0.6) is 0 Å². The SMILES string of the molecule is C=C(SCCCCCCn1ccc(=O)[nH]c1=S)c1ccccc1. The Morgan fingerprint density at radius 3 is 2.61 bits per heavy atom. The van der Waals surface area contributed by atoms with Gasteiger partial charge in [-0.05, 0) is 36.4 Å². The molecule has 0 amide bonds. The summed E-state index contributed by atoms with van der Waals surface area (Å²) in [6.07, 6.45) is 6.39. The van der Waals surface area contributed by atoms with Crippen molar-refractivity contribution in [3.8, 4) is 0 Å². The van der Waals surface area contributed by atoms with Crippen LogP contribution in [0.25, 0.3) is 4.91 Å². The van der Waals surface area contributed by atoms with E-state index in [2.05, 4.69) is 23.7 Å². The zero-order valence-corrected chi connectivity index (χ0v) is 14.8. The van der Waals surface area contributed by atoms with Crippen LogP contribution in [0.4, 0.5) is 0 Å². The fourth-order valence-corrected chi connectivity index (χ4v) is 3.41. The smallest absolute Gasteiger partial charge is 0.251 e. The third-order valence-electron chi connectivity index (χ3n) is 3.56. The van der Waals surface area contributed by atoms with Crippen LogP contribution in [0.1, 0.15) is 31.2 Å². The minimum absolute atomic E-state index is 0.137. The monoisotopic (exact) mass is 346 g/mol. The van der Waals surface area contributed by atoms with Crippen molar-refractivity contribution in [1.29, 1.82) is 0 Å². The number of nitrogens with zero attached hydrogens (tertiary/aromatic N) is 1. The maximum absolute atomic E-state index is 11.1. The van der Waals surface area contributed by atoms with Crippen molar-refractivity contribution in [3.05, 3.63) is 69.9 Å². The molecule has 0 fully saturated rings. The Labute approximate surface area is 146 Å². The van der Waals surface area contributed by atoms with E-state index in [1.54, 1.807) is 6.20 Å². The van der Waals surface area contributed by atoms with Crippen molar-refractivity contribution >= 4 is 28.9 Å². The van der Waals surface area contributed by atoms with E-state index in [0.29, 0.717) is 4.77 Å². The van der Waals surface area contributed by atoms with Gasteiger partial charge in [-0.1, -0.05) is 49.8 Å². The molecule has 5 heteroatoms. The highest BCUT2D eigenvalue weighted by Gasteiger charge is 1.99. The van der Waals surface area contributed by atoms with Crippen molar-refractivity contribution in [3.63, 3.8) is 0 Å². The van der Waals surface area contributed by atoms with E-state index in [4.69, 9.17) is 12.2 Å². The molecule has 1 N–H and O–H groups in total. The van der Waals surface area contributed by atoms with E-state index in [-0.39, 0.29) is 5.56 Å². The number of rotatable bonds is 9. The Balaban J connectivity index is 1.58. The summed E-state index contributed by atoms with van der Waals surface area (Å²) in [5.74, 6) is 1.10. The fourth-order valence-electron chi connectivity index (χ4n) is 2.26. The average molecular weight is 347 g/mol. The molecule has 0 spiro atoms. The van der Waals surface area contributed by atoms with Crippen molar-refractivity contribution in [2.45, 2.75) is 32.2 Å². The zero-order chi connectivity index (χ0) is 16.5. The average Bonchev–Trinajstić information content (AvgIpc) is 2.56. The van der Waals surface area contributed by atoms with Gasteiger partial charge in [0.05, 0.1) is 0 Å². The summed E-state index contributed by atoms with van der Waals surface area (Å²) in [6.45, 7) is 5.00. The molecule has 1 aromatic carbocycles. The first-order chi connectivity index (χ1) is 11.2. The lowest BCUT2D eigenvalue weighted by Crippen LogP contribution is -2.11. The standard InChI is InChI=1S/C18H22N2OS2/c1-15(16-9-5-4-6-10-16)23-14-8-3-2-7-12-20-13-11-17(21)19-18(20)22/h4-6,9-11,13H,1-3,7-8,12,14H2,(H,19,21,22). The van der Waals surface area contributed by atoms with Crippen LogP contribution in [0.15, 0.2) is 54.0 Å². The van der Waals surface area contributed by atoms with Crippen LogP contribution in [-0.2, 0) is 6.54 Å². The van der Waals surface area contributed by atoms with Gasteiger partial charge in [-0.15, -0.1) is 11.8 Å². The number of H-pyrrole nitrogens is 1. The lowest BCUT2D eigenvalue weighted by molar-refractivity contribution is 0.570. The van der Waals surface area contributed by atoms with E-state index in [9.17, 15) is 4.79 Å². The molecule has 2 aromatic rings. The van der Waals surface area contributed by atoms with Crippen LogP contribution in [0.3, 0.4) is 0 Å². The van der Waals surface area contributed by atoms with Gasteiger partial charge < -0.3 is 4.57 Å². The van der Waals surface area contributed by atoms with Gasteiger partial charge in [0.25, 0.3) is 5.56 Å². The molecule has 0 saturated carbocycles. The van der Waals surface area contributed by atoms with Crippen LogP contribution < -0.4 is 5.56 Å². The Morgan fingerprint density at radius 1 is 1.13 bits per heavy atom. The number of unbranched alkanes of at least 4 members (excludes halogenated alkanes) is 3. The third-order valence-corrected chi connectivity index (χ3v) is 4.98. The van der Waals surface area contributed by atoms with Crippen LogP contribution in [0.2, 0.25) is 0 Å². The topological polar surface area (TPSA) is 37.8 Å². The van der Waals surface area contributed by atoms with Gasteiger partial charge >= 0.3 is 0 Å². The van der Waals surface area contributed by atoms with E-state index >= 15 is 0 Å². The molecular weight excluding hydrogens is 324 g/mol. The fraction of sp³-hybridized carbons (Fsp3) is 0.333. The molecular formula is C18H22N2OS2. The number of aryl methyl sites for hydroxylation is 1. The molecule has 122 valence electrons. The van der Waals surface area contributed by atoms with Crippen molar-refractivity contribution in [1.82, 2.24) is 9.55 Å². The molecule has 2 rings (SSSR count). The first-order valence-corrected chi connectivity index (χ1v) is 9.23. The van der Waals surface area contributed by atoms with E-state index in [0.717, 1.165) is 23.6 Å². The predicted molar refractivity (Wildman–Crippen MR) is 102 cm³/mol. The van der Waals surface area contributed by atoms with Crippen molar-refractivity contribution < 1.29 is 0 Å². The number of hydrogen-bond acceptors (Lipinski definition) is 3. The lowest BCUT2D eigenvalue weighted by atomic mass is 10.2. The summed E-state index contributed by atoms with van der Waals surface area (Å²) in [6, 6.07) is 11.8. The maximum Gasteiger partial charge on any atom is 0.251 e. The van der Waals surface area contributed by atoms with E-state index < -0.39 is 0 Å². The largest absolute Gasteiger partial charge is 0.325 e. The minimum atomic E-state index is -0.137. The zero-order valence-electron chi connectivity index (χ0n) is 13.2. The molecule has 1 aromatic heterocycles. The second-order valence-electron chi connectivity index (χ2n) is 5.36. The number of nitrogens with one attached hydrogen (secondary N) is 1. The summed E-state index contributed by atoms with van der Waals surface area (Å²) >= 11 is 6.96. The normalized spacial score (nSPS) is 10.6. The van der Waals surface area contributed by atoms with Gasteiger partial charge in [-0.3, -0.25) is 9.78 Å². The minimum Gasteiger partial charge on any atom is -0.325 e. The molecule has 0 atom stereocenters. The highest BCUT2D eigenvalue weighted by molar-refractivity contribution is 8.08. The first kappa shape index (κ1) is 17.8. The molecule has 3 nitrogen and oxygen atoms in total. The molecule has 0 unspecified atom stereocenters. The van der Waals surface area contributed by atoms with Gasteiger partial charge in [-0.2, -0.15) is 0 Å². The number of benzene rings is 1. The number of aromatic nitrogens is 2. The highest BCUT2D eigenvalue weighted by Crippen LogP contribution is 2.26. The predicted octanol–water partition coefficient (Wildman–Crippen LogP) is 4.87. The summed E-state index contributed by atoms with van der Waals surface area (Å²) in [4.78, 5) is 14.9. The molecule has 23 heavy (non-hydrogen) atoms. The number of thioether (sulfide) groups is 1. The molecule has 1 heterocycles. The van der Waals surface area contributed by atoms with Gasteiger partial charge in [0.1, 0.15) is 0 Å². The van der Waals surface area contributed by atoms with Crippen molar-refractivity contribution in [2.24, 2.45) is 0 Å². The molecule has 0 bridgehead atoms. The molecule has 0 aliphatic carbocycles. The van der Waals surface area contributed by atoms with E-state index in [1.165, 1.54) is 30.9 Å². The molecule has 0 aliphatic rings. The van der Waals surface area contributed by atoms with Crippen LogP contribution in [-0.4, -0.2) is 15.3 Å². The number of aromatic amines is 1. The maximum atomic E-state index is 11.1. The summed E-state index contributed by atoms with van der Waals surface area (Å²) in [7, 11) is 0. The Morgan fingerprint density at radius 2 is 1.87 bits per heavy atom. The number of hydrogen-bond donors (Lipinski definition) is 1. The van der Waals surface area contributed by atoms with Gasteiger partial charge in [0.2, 0.25) is 0 Å². The van der Waals surface area contributed by atoms with Gasteiger partial charge in [0.15, 0.2) is 4.77 Å². The Kier molecular flexibility index (Phi) is 7.36. The van der Waals surface area contributed by atoms with Crippen LogP contribution >= 0.6 is 24.0 Å². The second-order valence-corrected chi connectivity index (χ2v) is 6.93. The molecule has 0 radical (unpaired) electrons. The van der Waals surface area contributed by atoms with Crippen LogP contribution in [0, 0.1) is 4.77 Å². The summed E-state index contributed by atoms with van der Waals surface area (Å²) in [5, 5.41) is 0. The second kappa shape index (κ2) is 9.53. The first-order valence-electron chi connectivity index (χ1n) is 7.84. The third kappa shape index (κ3) is 6.20. The molecule has 0 saturated heterocycles. The van der Waals surface area contributed by atoms with Crippen molar-refractivity contribution in [2.75, 3.05) is 5.75 Å². The Bertz CT molecular complexity index is 734. The lowest BCUT2D eigenvalue weighted by Gasteiger charge is -2.07. The van der Waals surface area contributed by atoms with E-state index in [1.807, 2.05) is 34.5 Å². The van der Waals surface area contributed by atoms with Gasteiger partial charge in [0, 0.05) is 23.7 Å². The quantitative estimate of drug-likeness (QED) is 0.520. The highest BCUT2D eigenvalue weighted by atomic mass is 32.2. The summed E-state index contributed by atoms with van der Waals surface area (Å²) in [5.41, 5.74) is 1.08. The summed E-state index contributed by atoms with van der Waals surface area (Å²) < 4.78 is 2.43. The molecule has 0 aliphatic heterocycles. The van der Waals surface area contributed by atoms with Gasteiger partial charge in [-0.25, -0.2) is 0 Å².